The van der Waals surface area contributed by atoms with E-state index >= 15 is 0 Å². The summed E-state index contributed by atoms with van der Waals surface area (Å²) in [5.41, 5.74) is 3.05. The van der Waals surface area contributed by atoms with E-state index in [2.05, 4.69) is 30.7 Å². The maximum absolute atomic E-state index is 12.9. The fourth-order valence-corrected chi connectivity index (χ4v) is 4.09. The number of rotatable bonds is 7. The lowest BCUT2D eigenvalue weighted by molar-refractivity contribution is 0.262. The second-order valence-corrected chi connectivity index (χ2v) is 10.1. The molecule has 0 atom stereocenters. The van der Waals surface area contributed by atoms with Gasteiger partial charge in [-0.25, -0.2) is 9.78 Å². The highest BCUT2D eigenvalue weighted by Crippen LogP contribution is 2.37. The van der Waals surface area contributed by atoms with Gasteiger partial charge in [0.25, 0.3) is 0 Å². The summed E-state index contributed by atoms with van der Waals surface area (Å²) in [4.78, 5) is 25.2. The average Bonchev–Trinajstić information content (AvgIpc) is 3.54. The van der Waals surface area contributed by atoms with Gasteiger partial charge < -0.3 is 29.0 Å². The van der Waals surface area contributed by atoms with E-state index in [1.165, 1.54) is 6.26 Å². The number of methoxy groups -OCH3 is 2. The van der Waals surface area contributed by atoms with Crippen LogP contribution in [0, 0.1) is 6.92 Å². The van der Waals surface area contributed by atoms with Crippen LogP contribution in [0.25, 0.3) is 22.2 Å². The maximum atomic E-state index is 12.9. The molecule has 0 fully saturated rings. The summed E-state index contributed by atoms with van der Waals surface area (Å²) in [6.07, 6.45) is 3.19. The SMILES string of the molecule is COc1cc2nccc(Oc3ccc(NC(=O)Nc4nc(C(C)(C)C)[nH]c4-c4conc4C)cc3)c2cc1OC. The lowest BCUT2D eigenvalue weighted by atomic mass is 9.96. The molecule has 0 aliphatic rings. The van der Waals surface area contributed by atoms with Gasteiger partial charge in [0, 0.05) is 28.8 Å². The van der Waals surface area contributed by atoms with Gasteiger partial charge in [-0.2, -0.15) is 0 Å². The number of H-pyrrole nitrogens is 1. The van der Waals surface area contributed by atoms with Crippen molar-refractivity contribution in [1.29, 1.82) is 0 Å². The van der Waals surface area contributed by atoms with Crippen LogP contribution in [0.15, 0.2) is 59.4 Å². The number of carbonyl (C=O) groups is 1. The molecule has 0 radical (unpaired) electrons. The second-order valence-electron chi connectivity index (χ2n) is 10.1. The Morgan fingerprint density at radius 2 is 1.70 bits per heavy atom. The highest BCUT2D eigenvalue weighted by atomic mass is 16.5. The third-order valence-electron chi connectivity index (χ3n) is 6.21. The Balaban J connectivity index is 1.31. The molecule has 5 aromatic rings. The molecule has 0 aliphatic heterocycles. The van der Waals surface area contributed by atoms with Crippen LogP contribution in [0.2, 0.25) is 0 Å². The van der Waals surface area contributed by atoms with Crippen LogP contribution < -0.4 is 24.8 Å². The number of nitrogens with zero attached hydrogens (tertiary/aromatic N) is 3. The first-order chi connectivity index (χ1) is 19.2. The third kappa shape index (κ3) is 5.39. The fourth-order valence-electron chi connectivity index (χ4n) is 4.09. The van der Waals surface area contributed by atoms with Crippen LogP contribution >= 0.6 is 0 Å². The van der Waals surface area contributed by atoms with Gasteiger partial charge >= 0.3 is 6.03 Å². The number of urea groups is 1. The van der Waals surface area contributed by atoms with E-state index in [0.717, 1.165) is 16.8 Å². The first kappa shape index (κ1) is 26.5. The number of hydrogen-bond donors (Lipinski definition) is 3. The van der Waals surface area contributed by atoms with E-state index in [9.17, 15) is 4.79 Å². The van der Waals surface area contributed by atoms with Crippen molar-refractivity contribution < 1.29 is 23.5 Å². The summed E-state index contributed by atoms with van der Waals surface area (Å²) < 4.78 is 22.0. The number of anilines is 2. The van der Waals surface area contributed by atoms with E-state index in [0.29, 0.717) is 51.4 Å². The number of hydrogen-bond acceptors (Lipinski definition) is 8. The Hall–Kier alpha value is -5.06. The van der Waals surface area contributed by atoms with E-state index in [4.69, 9.17) is 18.7 Å². The quantitative estimate of drug-likeness (QED) is 0.207. The Kier molecular flexibility index (Phi) is 7.03. The maximum Gasteiger partial charge on any atom is 0.324 e. The van der Waals surface area contributed by atoms with Gasteiger partial charge in [-0.15, -0.1) is 0 Å². The largest absolute Gasteiger partial charge is 0.493 e. The van der Waals surface area contributed by atoms with Crippen molar-refractivity contribution in [3.8, 4) is 34.3 Å². The number of aromatic nitrogens is 4. The highest BCUT2D eigenvalue weighted by molar-refractivity contribution is 6.01. The summed E-state index contributed by atoms with van der Waals surface area (Å²) in [5, 5.41) is 10.4. The monoisotopic (exact) mass is 542 g/mol. The molecule has 11 nitrogen and oxygen atoms in total. The van der Waals surface area contributed by atoms with Crippen LogP contribution in [-0.4, -0.2) is 40.4 Å². The number of fused-ring (bicyclic) bond motifs is 1. The molecule has 2 amide bonds. The molecule has 0 saturated heterocycles. The number of nitrogens with one attached hydrogen (secondary N) is 3. The third-order valence-corrected chi connectivity index (χ3v) is 6.21. The zero-order chi connectivity index (χ0) is 28.4. The van der Waals surface area contributed by atoms with E-state index in [1.807, 2.05) is 33.8 Å². The summed E-state index contributed by atoms with van der Waals surface area (Å²) in [7, 11) is 3.16. The summed E-state index contributed by atoms with van der Waals surface area (Å²) in [6, 6.07) is 12.0. The average molecular weight is 543 g/mol. The number of benzene rings is 2. The van der Waals surface area contributed by atoms with Gasteiger partial charge in [0.05, 0.1) is 36.7 Å². The van der Waals surface area contributed by atoms with Crippen molar-refractivity contribution in [3.63, 3.8) is 0 Å². The number of aromatic amines is 1. The Morgan fingerprint density at radius 1 is 0.975 bits per heavy atom. The smallest absolute Gasteiger partial charge is 0.324 e. The van der Waals surface area contributed by atoms with Crippen LogP contribution in [0.3, 0.4) is 0 Å². The van der Waals surface area contributed by atoms with Gasteiger partial charge in [0.2, 0.25) is 0 Å². The van der Waals surface area contributed by atoms with Crippen molar-refractivity contribution >= 4 is 28.4 Å². The molecule has 206 valence electrons. The normalized spacial score (nSPS) is 11.3. The minimum absolute atomic E-state index is 0.261. The zero-order valence-electron chi connectivity index (χ0n) is 23.1. The van der Waals surface area contributed by atoms with E-state index in [-0.39, 0.29) is 5.41 Å². The van der Waals surface area contributed by atoms with Gasteiger partial charge in [0.1, 0.15) is 23.6 Å². The Bertz CT molecular complexity index is 1670. The predicted molar refractivity (Wildman–Crippen MR) is 152 cm³/mol. The van der Waals surface area contributed by atoms with Crippen LogP contribution in [-0.2, 0) is 5.41 Å². The molecule has 3 N–H and O–H groups in total. The Labute approximate surface area is 230 Å². The topological polar surface area (TPSA) is 136 Å². The molecular formula is C29H30N6O5. The first-order valence-electron chi connectivity index (χ1n) is 12.5. The van der Waals surface area contributed by atoms with Gasteiger partial charge in [-0.1, -0.05) is 25.9 Å². The van der Waals surface area contributed by atoms with Gasteiger partial charge in [0.15, 0.2) is 17.3 Å². The molecule has 0 aliphatic carbocycles. The van der Waals surface area contributed by atoms with Crippen LogP contribution in [0.1, 0.15) is 32.3 Å². The lowest BCUT2D eigenvalue weighted by Gasteiger charge is -2.14. The van der Waals surface area contributed by atoms with E-state index < -0.39 is 6.03 Å². The molecular weight excluding hydrogens is 512 g/mol. The minimum atomic E-state index is -0.447. The number of amides is 2. The molecule has 11 heteroatoms. The second kappa shape index (κ2) is 10.6. The summed E-state index contributed by atoms with van der Waals surface area (Å²) >= 11 is 0. The van der Waals surface area contributed by atoms with Crippen LogP contribution in [0.5, 0.6) is 23.0 Å². The van der Waals surface area contributed by atoms with Gasteiger partial charge in [-0.3, -0.25) is 10.3 Å². The summed E-state index contributed by atoms with van der Waals surface area (Å²) in [5.74, 6) is 3.45. The molecule has 0 bridgehead atoms. The number of imidazole rings is 1. The number of ether oxygens (including phenoxy) is 3. The van der Waals surface area contributed by atoms with E-state index in [1.54, 1.807) is 56.8 Å². The fraction of sp³-hybridized carbons (Fsp3) is 0.241. The molecule has 3 aromatic heterocycles. The lowest BCUT2D eigenvalue weighted by Crippen LogP contribution is -2.20. The highest BCUT2D eigenvalue weighted by Gasteiger charge is 2.24. The first-order valence-corrected chi connectivity index (χ1v) is 12.5. The molecule has 0 spiro atoms. The molecule has 40 heavy (non-hydrogen) atoms. The molecule has 2 aromatic carbocycles. The van der Waals surface area contributed by atoms with Crippen molar-refractivity contribution in [3.05, 3.63) is 66.4 Å². The van der Waals surface area contributed by atoms with Gasteiger partial charge in [-0.05, 0) is 43.3 Å². The predicted octanol–water partition coefficient (Wildman–Crippen LogP) is 6.67. The van der Waals surface area contributed by atoms with Crippen molar-refractivity contribution in [2.24, 2.45) is 0 Å². The number of aryl methyl sites for hydroxylation is 1. The number of carbonyl (C=O) groups excluding carboxylic acids is 1. The standard InChI is InChI=1S/C29H30N6O5/c1-16-20(15-39-35-16)25-26(33-27(32-25)29(2,3)4)34-28(36)31-17-7-9-18(10-8-17)40-22-11-12-30-21-14-24(38-6)23(37-5)13-19(21)22/h7-15H,1-6H3,(H,32,33)(H2,31,34,36). The number of pyridine rings is 1. The van der Waals surface area contributed by atoms with Crippen molar-refractivity contribution in [2.75, 3.05) is 24.9 Å². The molecule has 0 unspecified atom stereocenters. The van der Waals surface area contributed by atoms with Crippen molar-refractivity contribution in [2.45, 2.75) is 33.1 Å². The Morgan fingerprint density at radius 3 is 2.35 bits per heavy atom. The molecule has 5 rings (SSSR count). The van der Waals surface area contributed by atoms with Crippen LogP contribution in [0.4, 0.5) is 16.3 Å². The zero-order valence-corrected chi connectivity index (χ0v) is 23.1. The molecule has 3 heterocycles. The van der Waals surface area contributed by atoms with Crippen molar-refractivity contribution in [1.82, 2.24) is 20.1 Å². The molecule has 0 saturated carbocycles. The summed E-state index contributed by atoms with van der Waals surface area (Å²) in [6.45, 7) is 7.93. The minimum Gasteiger partial charge on any atom is -0.493 e.